The predicted octanol–water partition coefficient (Wildman–Crippen LogP) is 2.07. The molecular weight excluding hydrogens is 279 g/mol. The van der Waals surface area contributed by atoms with Crippen LogP contribution in [-0.2, 0) is 10.2 Å². The van der Waals surface area contributed by atoms with E-state index in [1.54, 1.807) is 0 Å². The van der Waals surface area contributed by atoms with Crippen LogP contribution >= 0.6 is 15.9 Å². The molecule has 1 fully saturated rings. The lowest BCUT2D eigenvalue weighted by Crippen LogP contribution is -2.34. The number of halogens is 2. The number of aliphatic carboxylic acids is 1. The van der Waals surface area contributed by atoms with Crippen molar-refractivity contribution in [2.45, 2.75) is 24.4 Å². The molecular formula is C11H10BrFO3. The Kier molecular flexibility index (Phi) is 2.75. The second-order valence-electron chi connectivity index (χ2n) is 4.02. The summed E-state index contributed by atoms with van der Waals surface area (Å²) in [5, 5.41) is 18.5. The molecule has 0 aromatic heterocycles. The average molecular weight is 289 g/mol. The average Bonchev–Trinajstić information content (AvgIpc) is 2.97. The summed E-state index contributed by atoms with van der Waals surface area (Å²) in [6.07, 6.45) is -0.232. The van der Waals surface area contributed by atoms with Gasteiger partial charge in [-0.2, -0.15) is 0 Å². The Morgan fingerprint density at radius 1 is 1.50 bits per heavy atom. The summed E-state index contributed by atoms with van der Waals surface area (Å²) in [5.41, 5.74) is -0.0953. The van der Waals surface area contributed by atoms with Gasteiger partial charge < -0.3 is 10.2 Å². The molecule has 1 aliphatic rings. The summed E-state index contributed by atoms with van der Waals surface area (Å²) in [6.45, 7) is 0. The number of carboxylic acid groups (broad SMARTS) is 1. The first kappa shape index (κ1) is 11.5. The molecule has 86 valence electrons. The maximum atomic E-state index is 12.9. The van der Waals surface area contributed by atoms with Gasteiger partial charge in [0.1, 0.15) is 5.82 Å². The van der Waals surface area contributed by atoms with Crippen molar-refractivity contribution in [1.29, 1.82) is 0 Å². The fourth-order valence-electron chi connectivity index (χ4n) is 1.95. The topological polar surface area (TPSA) is 57.5 Å². The Balaban J connectivity index is 2.40. The standard InChI is InChI=1S/C11H10BrFO3/c12-8-5-6(13)1-2-7(8)11(3-4-11)9(14)10(15)16/h1-2,5,9,14H,3-4H2,(H,15,16). The number of aliphatic hydroxyl groups excluding tert-OH is 1. The molecule has 1 aromatic rings. The number of hydrogen-bond donors (Lipinski definition) is 2. The minimum atomic E-state index is -1.44. The summed E-state index contributed by atoms with van der Waals surface area (Å²) in [6, 6.07) is 4.08. The van der Waals surface area contributed by atoms with Gasteiger partial charge in [-0.15, -0.1) is 0 Å². The van der Waals surface area contributed by atoms with E-state index in [4.69, 9.17) is 5.11 Å². The number of benzene rings is 1. The number of carbonyl (C=O) groups is 1. The van der Waals surface area contributed by atoms with E-state index in [1.807, 2.05) is 0 Å². The minimum absolute atomic E-state index is 0.392. The maximum absolute atomic E-state index is 12.9. The van der Waals surface area contributed by atoms with Gasteiger partial charge in [0, 0.05) is 9.89 Å². The van der Waals surface area contributed by atoms with E-state index in [-0.39, 0.29) is 0 Å². The smallest absolute Gasteiger partial charge is 0.333 e. The van der Waals surface area contributed by atoms with Gasteiger partial charge in [0.2, 0.25) is 0 Å². The van der Waals surface area contributed by atoms with Crippen molar-refractivity contribution in [3.63, 3.8) is 0 Å². The van der Waals surface area contributed by atoms with Crippen LogP contribution in [0.4, 0.5) is 4.39 Å². The van der Waals surface area contributed by atoms with Crippen molar-refractivity contribution in [3.8, 4) is 0 Å². The molecule has 0 bridgehead atoms. The summed E-state index contributed by atoms with van der Waals surface area (Å²) >= 11 is 3.20. The molecule has 5 heteroatoms. The first-order chi connectivity index (χ1) is 7.47. The molecule has 1 saturated carbocycles. The van der Waals surface area contributed by atoms with E-state index >= 15 is 0 Å². The quantitative estimate of drug-likeness (QED) is 0.895. The monoisotopic (exact) mass is 288 g/mol. The number of aliphatic hydroxyl groups is 1. The van der Waals surface area contributed by atoms with E-state index in [1.165, 1.54) is 18.2 Å². The fourth-order valence-corrected chi connectivity index (χ4v) is 2.70. The molecule has 0 spiro atoms. The van der Waals surface area contributed by atoms with Crippen molar-refractivity contribution in [2.24, 2.45) is 0 Å². The first-order valence-electron chi connectivity index (χ1n) is 4.84. The predicted molar refractivity (Wildman–Crippen MR) is 58.7 cm³/mol. The minimum Gasteiger partial charge on any atom is -0.479 e. The van der Waals surface area contributed by atoms with Gasteiger partial charge in [0.05, 0.1) is 0 Å². The van der Waals surface area contributed by atoms with Crippen LogP contribution in [0.3, 0.4) is 0 Å². The van der Waals surface area contributed by atoms with Crippen LogP contribution in [0.15, 0.2) is 22.7 Å². The highest BCUT2D eigenvalue weighted by atomic mass is 79.9. The van der Waals surface area contributed by atoms with Crippen LogP contribution in [0.2, 0.25) is 0 Å². The molecule has 3 nitrogen and oxygen atoms in total. The molecule has 0 saturated heterocycles. The highest BCUT2D eigenvalue weighted by Crippen LogP contribution is 2.53. The lowest BCUT2D eigenvalue weighted by Gasteiger charge is -2.20. The van der Waals surface area contributed by atoms with Crippen LogP contribution in [-0.4, -0.2) is 22.3 Å². The number of rotatable bonds is 3. The van der Waals surface area contributed by atoms with Crippen LogP contribution in [0.25, 0.3) is 0 Å². The van der Waals surface area contributed by atoms with Crippen LogP contribution in [0, 0.1) is 5.82 Å². The zero-order chi connectivity index (χ0) is 11.9. The molecule has 0 radical (unpaired) electrons. The third-order valence-corrected chi connectivity index (χ3v) is 3.67. The summed E-state index contributed by atoms with van der Waals surface area (Å²) in [7, 11) is 0. The SMILES string of the molecule is O=C(O)C(O)C1(c2ccc(F)cc2Br)CC1. The number of hydrogen-bond acceptors (Lipinski definition) is 2. The molecule has 1 atom stereocenters. The fraction of sp³-hybridized carbons (Fsp3) is 0.364. The van der Waals surface area contributed by atoms with Gasteiger partial charge in [0.25, 0.3) is 0 Å². The molecule has 1 aliphatic carbocycles. The summed E-state index contributed by atoms with van der Waals surface area (Å²) in [5.74, 6) is -1.63. The Bertz CT molecular complexity index is 443. The van der Waals surface area contributed by atoms with Gasteiger partial charge in [-0.25, -0.2) is 9.18 Å². The molecule has 2 rings (SSSR count). The van der Waals surface area contributed by atoms with Crippen LogP contribution in [0.1, 0.15) is 18.4 Å². The normalized spacial score (nSPS) is 19.2. The highest BCUT2D eigenvalue weighted by molar-refractivity contribution is 9.10. The molecule has 1 aromatic carbocycles. The zero-order valence-electron chi connectivity index (χ0n) is 8.28. The van der Waals surface area contributed by atoms with Crippen molar-refractivity contribution in [2.75, 3.05) is 0 Å². The van der Waals surface area contributed by atoms with Crippen LogP contribution < -0.4 is 0 Å². The Morgan fingerprint density at radius 2 is 2.12 bits per heavy atom. The highest BCUT2D eigenvalue weighted by Gasteiger charge is 2.54. The summed E-state index contributed by atoms with van der Waals surface area (Å²) in [4.78, 5) is 10.8. The van der Waals surface area contributed by atoms with Crippen LogP contribution in [0.5, 0.6) is 0 Å². The third kappa shape index (κ3) is 1.74. The van der Waals surface area contributed by atoms with Gasteiger partial charge in [-0.1, -0.05) is 22.0 Å². The Hall–Kier alpha value is -0.940. The molecule has 1 unspecified atom stereocenters. The molecule has 2 N–H and O–H groups in total. The Morgan fingerprint density at radius 3 is 2.56 bits per heavy atom. The summed E-state index contributed by atoms with van der Waals surface area (Å²) < 4.78 is 13.4. The van der Waals surface area contributed by atoms with E-state index in [2.05, 4.69) is 15.9 Å². The van der Waals surface area contributed by atoms with Gasteiger partial charge >= 0.3 is 5.97 Å². The van der Waals surface area contributed by atoms with Crippen molar-refractivity contribution >= 4 is 21.9 Å². The van der Waals surface area contributed by atoms with E-state index in [0.717, 1.165) is 0 Å². The second kappa shape index (κ2) is 3.82. The second-order valence-corrected chi connectivity index (χ2v) is 4.88. The lowest BCUT2D eigenvalue weighted by molar-refractivity contribution is -0.148. The van der Waals surface area contributed by atoms with Gasteiger partial charge in [-0.05, 0) is 30.5 Å². The molecule has 0 heterocycles. The Labute approximate surface area is 100 Å². The molecule has 0 aliphatic heterocycles. The molecule has 0 amide bonds. The van der Waals surface area contributed by atoms with Gasteiger partial charge in [0.15, 0.2) is 6.10 Å². The lowest BCUT2D eigenvalue weighted by atomic mass is 9.90. The van der Waals surface area contributed by atoms with E-state index < -0.39 is 23.3 Å². The maximum Gasteiger partial charge on any atom is 0.333 e. The van der Waals surface area contributed by atoms with Gasteiger partial charge in [-0.3, -0.25) is 0 Å². The number of carboxylic acids is 1. The zero-order valence-corrected chi connectivity index (χ0v) is 9.87. The van der Waals surface area contributed by atoms with Crippen molar-refractivity contribution < 1.29 is 19.4 Å². The third-order valence-electron chi connectivity index (χ3n) is 3.01. The van der Waals surface area contributed by atoms with E-state index in [0.29, 0.717) is 22.9 Å². The van der Waals surface area contributed by atoms with Crippen molar-refractivity contribution in [1.82, 2.24) is 0 Å². The first-order valence-corrected chi connectivity index (χ1v) is 5.63. The molecule has 16 heavy (non-hydrogen) atoms. The largest absolute Gasteiger partial charge is 0.479 e. The van der Waals surface area contributed by atoms with Crippen molar-refractivity contribution in [3.05, 3.63) is 34.1 Å². The van der Waals surface area contributed by atoms with E-state index in [9.17, 15) is 14.3 Å².